The summed E-state index contributed by atoms with van der Waals surface area (Å²) in [5.41, 5.74) is 0. The Kier molecular flexibility index (Phi) is 7.83. The Balaban J connectivity index is 0. The maximum Gasteiger partial charge on any atom is 1.00 e. The molecule has 92 valence electrons. The standard InChI is InChI=1S/C5H15NO7P2.Na/c1-6(2)4-3-5(7,14(8,9)10)15(11,12)13;/h7H,3-4H2,1-2H3,(H2,8,9,10)(H2,11,12,13);/q;+1. The predicted octanol–water partition coefficient (Wildman–Crippen LogP) is -4.06. The fraction of sp³-hybridized carbons (Fsp3) is 1.00. The van der Waals surface area contributed by atoms with Crippen LogP contribution in [0.15, 0.2) is 0 Å². The molecule has 0 amide bonds. The summed E-state index contributed by atoms with van der Waals surface area (Å²) in [4.78, 5) is 36.4. The Labute approximate surface area is 115 Å². The summed E-state index contributed by atoms with van der Waals surface area (Å²) < 4.78 is 21.7. The van der Waals surface area contributed by atoms with Crippen molar-refractivity contribution < 1.29 is 63.4 Å². The summed E-state index contributed by atoms with van der Waals surface area (Å²) in [6.45, 7) is -0.0628. The van der Waals surface area contributed by atoms with Gasteiger partial charge in [-0.05, 0) is 14.1 Å². The van der Waals surface area contributed by atoms with Crippen molar-refractivity contribution in [1.82, 2.24) is 4.90 Å². The Morgan fingerprint density at radius 1 is 1.06 bits per heavy atom. The van der Waals surface area contributed by atoms with Gasteiger partial charge in [-0.1, -0.05) is 0 Å². The first-order valence-corrected chi connectivity index (χ1v) is 7.12. The van der Waals surface area contributed by atoms with E-state index < -0.39 is 26.7 Å². The molecule has 0 aromatic heterocycles. The molecule has 0 aromatic rings. The van der Waals surface area contributed by atoms with Crippen LogP contribution in [-0.2, 0) is 9.13 Å². The van der Waals surface area contributed by atoms with Gasteiger partial charge in [-0.15, -0.1) is 0 Å². The Morgan fingerprint density at radius 3 is 1.56 bits per heavy atom. The average Bonchev–Trinajstić information content (AvgIpc) is 1.95. The van der Waals surface area contributed by atoms with Crippen LogP contribution in [0.25, 0.3) is 0 Å². The second kappa shape index (κ2) is 6.41. The van der Waals surface area contributed by atoms with Crippen molar-refractivity contribution in [2.24, 2.45) is 0 Å². The van der Waals surface area contributed by atoms with Crippen LogP contribution < -0.4 is 29.6 Å². The maximum atomic E-state index is 10.8. The molecule has 0 saturated heterocycles. The zero-order valence-electron chi connectivity index (χ0n) is 9.31. The molecule has 0 unspecified atom stereocenters. The number of nitrogens with zero attached hydrogens (tertiary/aromatic N) is 1. The molecule has 0 aliphatic carbocycles. The quantitative estimate of drug-likeness (QED) is 0.254. The van der Waals surface area contributed by atoms with E-state index in [9.17, 15) is 14.2 Å². The van der Waals surface area contributed by atoms with Crippen LogP contribution in [0.2, 0.25) is 0 Å². The Morgan fingerprint density at radius 2 is 1.38 bits per heavy atom. The van der Waals surface area contributed by atoms with Crippen molar-refractivity contribution in [1.29, 1.82) is 0 Å². The van der Waals surface area contributed by atoms with Crippen LogP contribution in [0.4, 0.5) is 0 Å². The molecule has 0 rings (SSSR count). The number of aliphatic hydroxyl groups is 1. The van der Waals surface area contributed by atoms with Gasteiger partial charge in [0.2, 0.25) is 0 Å². The molecular formula is C5H15NNaO7P2+. The molecule has 0 fully saturated rings. The van der Waals surface area contributed by atoms with Gasteiger partial charge in [-0.3, -0.25) is 9.13 Å². The van der Waals surface area contributed by atoms with E-state index in [-0.39, 0.29) is 36.1 Å². The minimum atomic E-state index is -5.30. The fourth-order valence-corrected chi connectivity index (χ4v) is 2.97. The summed E-state index contributed by atoms with van der Waals surface area (Å²) in [6.07, 6.45) is -0.714. The van der Waals surface area contributed by atoms with Crippen LogP contribution in [0.3, 0.4) is 0 Å². The molecule has 5 N–H and O–H groups in total. The molecular weight excluding hydrogens is 271 g/mol. The van der Waals surface area contributed by atoms with Crippen LogP contribution in [0, 0.1) is 0 Å². The minimum Gasteiger partial charge on any atom is -0.367 e. The van der Waals surface area contributed by atoms with E-state index in [1.807, 2.05) is 0 Å². The smallest absolute Gasteiger partial charge is 0.367 e. The van der Waals surface area contributed by atoms with Gasteiger partial charge in [0.05, 0.1) is 0 Å². The summed E-state index contributed by atoms with van der Waals surface area (Å²) in [6, 6.07) is 0. The molecule has 0 atom stereocenters. The number of rotatable bonds is 5. The van der Waals surface area contributed by atoms with Crippen molar-refractivity contribution in [3.05, 3.63) is 0 Å². The summed E-state index contributed by atoms with van der Waals surface area (Å²) in [5.74, 6) is 0. The van der Waals surface area contributed by atoms with E-state index in [0.717, 1.165) is 0 Å². The van der Waals surface area contributed by atoms with Gasteiger partial charge in [-0.2, -0.15) is 0 Å². The van der Waals surface area contributed by atoms with Crippen LogP contribution in [-0.4, -0.2) is 55.3 Å². The van der Waals surface area contributed by atoms with Crippen LogP contribution in [0.1, 0.15) is 6.42 Å². The van der Waals surface area contributed by atoms with Gasteiger partial charge < -0.3 is 29.6 Å². The summed E-state index contributed by atoms with van der Waals surface area (Å²) in [5, 5.41) is 6.08. The molecule has 0 aromatic carbocycles. The first kappa shape index (κ1) is 19.6. The van der Waals surface area contributed by atoms with E-state index in [4.69, 9.17) is 19.6 Å². The largest absolute Gasteiger partial charge is 1.00 e. The molecule has 0 heterocycles. The normalized spacial score (nSPS) is 13.8. The third-order valence-electron chi connectivity index (χ3n) is 1.83. The molecule has 11 heteroatoms. The monoisotopic (exact) mass is 286 g/mol. The Hall–Kier alpha value is 1.22. The molecule has 8 nitrogen and oxygen atoms in total. The van der Waals surface area contributed by atoms with Gasteiger partial charge in [-0.25, -0.2) is 0 Å². The molecule has 0 aliphatic rings. The third-order valence-corrected chi connectivity index (χ3v) is 5.70. The fourth-order valence-electron chi connectivity index (χ4n) is 0.835. The van der Waals surface area contributed by atoms with E-state index >= 15 is 0 Å². The van der Waals surface area contributed by atoms with Crippen molar-refractivity contribution in [3.8, 4) is 0 Å². The van der Waals surface area contributed by atoms with Crippen molar-refractivity contribution >= 4 is 15.2 Å². The van der Waals surface area contributed by atoms with Crippen molar-refractivity contribution in [3.63, 3.8) is 0 Å². The first-order valence-electron chi connectivity index (χ1n) is 3.90. The van der Waals surface area contributed by atoms with Gasteiger partial charge >= 0.3 is 44.7 Å². The van der Waals surface area contributed by atoms with Gasteiger partial charge in [0, 0.05) is 13.0 Å². The zero-order chi connectivity index (χ0) is 12.5. The second-order valence-corrected chi connectivity index (χ2v) is 7.42. The van der Waals surface area contributed by atoms with E-state index in [1.165, 1.54) is 4.90 Å². The van der Waals surface area contributed by atoms with Crippen LogP contribution >= 0.6 is 15.2 Å². The van der Waals surface area contributed by atoms with Gasteiger partial charge in [0.15, 0.2) is 0 Å². The van der Waals surface area contributed by atoms with E-state index in [1.54, 1.807) is 14.1 Å². The molecule has 0 spiro atoms. The first-order chi connectivity index (χ1) is 6.42. The maximum absolute atomic E-state index is 10.8. The predicted molar refractivity (Wildman–Crippen MR) is 52.2 cm³/mol. The molecule has 0 aliphatic heterocycles. The summed E-state index contributed by atoms with van der Waals surface area (Å²) in [7, 11) is -7.52. The average molecular weight is 286 g/mol. The topological polar surface area (TPSA) is 139 Å². The molecule has 16 heavy (non-hydrogen) atoms. The van der Waals surface area contributed by atoms with Crippen LogP contribution in [0.5, 0.6) is 0 Å². The SMILES string of the molecule is CN(C)CCC(O)(P(=O)(O)O)P(=O)(O)O.[Na+]. The van der Waals surface area contributed by atoms with Gasteiger partial charge in [0.1, 0.15) is 0 Å². The molecule has 0 saturated carbocycles. The third kappa shape index (κ3) is 4.84. The van der Waals surface area contributed by atoms with Crippen molar-refractivity contribution in [2.75, 3.05) is 20.6 Å². The zero-order valence-corrected chi connectivity index (χ0v) is 13.1. The minimum absolute atomic E-state index is 0. The summed E-state index contributed by atoms with van der Waals surface area (Å²) >= 11 is 0. The van der Waals surface area contributed by atoms with Gasteiger partial charge in [0.25, 0.3) is 5.08 Å². The molecule has 0 bridgehead atoms. The van der Waals surface area contributed by atoms with E-state index in [2.05, 4.69) is 0 Å². The Bertz CT molecular complexity index is 288. The van der Waals surface area contributed by atoms with Crippen molar-refractivity contribution in [2.45, 2.75) is 11.5 Å². The van der Waals surface area contributed by atoms with E-state index in [0.29, 0.717) is 0 Å². The number of hydrogen-bond acceptors (Lipinski definition) is 4. The second-order valence-electron chi connectivity index (χ2n) is 3.42. The molecule has 0 radical (unpaired) electrons. The number of hydrogen-bond donors (Lipinski definition) is 5.